The van der Waals surface area contributed by atoms with E-state index in [-0.39, 0.29) is 5.69 Å². The summed E-state index contributed by atoms with van der Waals surface area (Å²) in [6, 6.07) is 10.9. The van der Waals surface area contributed by atoms with Crippen molar-refractivity contribution in [1.82, 2.24) is 9.97 Å². The zero-order valence-corrected chi connectivity index (χ0v) is 12.4. The highest BCUT2D eigenvalue weighted by Crippen LogP contribution is 2.22. The molecule has 1 aromatic carbocycles. The van der Waals surface area contributed by atoms with Crippen LogP contribution in [0, 0.1) is 11.3 Å². The Kier molecular flexibility index (Phi) is 4.33. The third-order valence-electron chi connectivity index (χ3n) is 3.86. The highest BCUT2D eigenvalue weighted by molar-refractivity contribution is 5.51. The van der Waals surface area contributed by atoms with Crippen molar-refractivity contribution in [3.05, 3.63) is 47.9 Å². The number of piperazine rings is 1. The molecule has 0 unspecified atom stereocenters. The Morgan fingerprint density at radius 3 is 2.26 bits per heavy atom. The summed E-state index contributed by atoms with van der Waals surface area (Å²) in [5, 5.41) is 8.83. The van der Waals surface area contributed by atoms with E-state index in [0.717, 1.165) is 18.8 Å². The molecule has 0 aliphatic carbocycles. The first-order chi connectivity index (χ1) is 11.2. The second kappa shape index (κ2) is 6.57. The number of rotatable bonds is 3. The minimum Gasteiger partial charge on any atom is -0.368 e. The van der Waals surface area contributed by atoms with Gasteiger partial charge in [0.2, 0.25) is 0 Å². The van der Waals surface area contributed by atoms with Gasteiger partial charge in [0.25, 0.3) is 6.43 Å². The summed E-state index contributed by atoms with van der Waals surface area (Å²) < 4.78 is 25.4. The third-order valence-corrected chi connectivity index (χ3v) is 3.86. The molecule has 1 fully saturated rings. The summed E-state index contributed by atoms with van der Waals surface area (Å²) in [6.45, 7) is 2.92. The van der Waals surface area contributed by atoms with E-state index in [9.17, 15) is 8.78 Å². The monoisotopic (exact) mass is 315 g/mol. The van der Waals surface area contributed by atoms with E-state index in [0.29, 0.717) is 24.5 Å². The first-order valence-corrected chi connectivity index (χ1v) is 7.27. The summed E-state index contributed by atoms with van der Waals surface area (Å²) >= 11 is 0. The lowest BCUT2D eigenvalue weighted by Crippen LogP contribution is -2.46. The topological polar surface area (TPSA) is 56.1 Å². The molecule has 0 atom stereocenters. The Bertz CT molecular complexity index is 703. The Balaban J connectivity index is 1.66. The number of nitriles is 1. The predicted molar refractivity (Wildman–Crippen MR) is 82.6 cm³/mol. The van der Waals surface area contributed by atoms with Crippen LogP contribution in [0.4, 0.5) is 20.3 Å². The third kappa shape index (κ3) is 3.37. The summed E-state index contributed by atoms with van der Waals surface area (Å²) in [4.78, 5) is 11.9. The molecule has 0 bridgehead atoms. The Hall–Kier alpha value is -2.75. The molecule has 0 amide bonds. The molecule has 118 valence electrons. The minimum atomic E-state index is -2.59. The lowest BCUT2D eigenvalue weighted by atomic mass is 10.2. The second-order valence-electron chi connectivity index (χ2n) is 5.23. The van der Waals surface area contributed by atoms with E-state index in [4.69, 9.17) is 5.26 Å². The van der Waals surface area contributed by atoms with E-state index in [1.165, 1.54) is 12.4 Å². The zero-order valence-electron chi connectivity index (χ0n) is 12.4. The van der Waals surface area contributed by atoms with Crippen molar-refractivity contribution in [1.29, 1.82) is 5.26 Å². The molecule has 1 aliphatic rings. The minimum absolute atomic E-state index is 0.246. The molecule has 5 nitrogen and oxygen atoms in total. The van der Waals surface area contributed by atoms with Crippen LogP contribution in [-0.2, 0) is 0 Å². The number of nitrogens with zero attached hydrogens (tertiary/aromatic N) is 5. The SMILES string of the molecule is N#Cc1ccc(N2CCN(c3cc(C(F)F)ncn3)CC2)cc1. The van der Waals surface area contributed by atoms with Crippen LogP contribution in [0.1, 0.15) is 17.7 Å². The molecule has 0 saturated carbocycles. The molecule has 23 heavy (non-hydrogen) atoms. The zero-order chi connectivity index (χ0) is 16.2. The molecular formula is C16H15F2N5. The van der Waals surface area contributed by atoms with Crippen LogP contribution in [0.25, 0.3) is 0 Å². The van der Waals surface area contributed by atoms with E-state index in [2.05, 4.69) is 20.9 Å². The second-order valence-corrected chi connectivity index (χ2v) is 5.23. The summed E-state index contributed by atoms with van der Waals surface area (Å²) in [6.07, 6.45) is -1.40. The van der Waals surface area contributed by atoms with Gasteiger partial charge >= 0.3 is 0 Å². The molecule has 1 aromatic heterocycles. The van der Waals surface area contributed by atoms with Gasteiger partial charge in [-0.15, -0.1) is 0 Å². The lowest BCUT2D eigenvalue weighted by Gasteiger charge is -2.36. The van der Waals surface area contributed by atoms with Gasteiger partial charge < -0.3 is 9.80 Å². The maximum absolute atomic E-state index is 12.7. The van der Waals surface area contributed by atoms with Gasteiger partial charge in [0.05, 0.1) is 11.6 Å². The van der Waals surface area contributed by atoms with E-state index in [1.807, 2.05) is 17.0 Å². The van der Waals surface area contributed by atoms with Gasteiger partial charge in [-0.25, -0.2) is 18.7 Å². The number of halogens is 2. The molecule has 1 aliphatic heterocycles. The van der Waals surface area contributed by atoms with Crippen LogP contribution in [0.3, 0.4) is 0 Å². The van der Waals surface area contributed by atoms with Crippen molar-refractivity contribution >= 4 is 11.5 Å². The molecule has 2 aromatic rings. The Morgan fingerprint density at radius 2 is 1.65 bits per heavy atom. The fourth-order valence-electron chi connectivity index (χ4n) is 2.59. The van der Waals surface area contributed by atoms with E-state index >= 15 is 0 Å². The van der Waals surface area contributed by atoms with E-state index in [1.54, 1.807) is 12.1 Å². The highest BCUT2D eigenvalue weighted by atomic mass is 19.3. The fourth-order valence-corrected chi connectivity index (χ4v) is 2.59. The van der Waals surface area contributed by atoms with Gasteiger partial charge in [0, 0.05) is 37.9 Å². The molecule has 2 heterocycles. The molecule has 0 N–H and O–H groups in total. The van der Waals surface area contributed by atoms with Crippen molar-refractivity contribution in [2.45, 2.75) is 6.43 Å². The van der Waals surface area contributed by atoms with Crippen molar-refractivity contribution in [3.8, 4) is 6.07 Å². The van der Waals surface area contributed by atoms with Gasteiger partial charge in [-0.3, -0.25) is 0 Å². The Labute approximate surface area is 132 Å². The first-order valence-electron chi connectivity index (χ1n) is 7.27. The number of hydrogen-bond donors (Lipinski definition) is 0. The van der Waals surface area contributed by atoms with Gasteiger partial charge in [-0.05, 0) is 24.3 Å². The Morgan fingerprint density at radius 1 is 1.00 bits per heavy atom. The summed E-state index contributed by atoms with van der Waals surface area (Å²) in [5.41, 5.74) is 1.44. The van der Waals surface area contributed by atoms with Crippen LogP contribution >= 0.6 is 0 Å². The molecule has 0 spiro atoms. The normalized spacial score (nSPS) is 14.9. The van der Waals surface area contributed by atoms with Crippen LogP contribution in [0.2, 0.25) is 0 Å². The molecule has 3 rings (SSSR count). The number of benzene rings is 1. The summed E-state index contributed by atoms with van der Waals surface area (Å²) in [5.74, 6) is 0.537. The molecule has 0 radical (unpaired) electrons. The lowest BCUT2D eigenvalue weighted by molar-refractivity contribution is 0.146. The van der Waals surface area contributed by atoms with Crippen LogP contribution in [0.15, 0.2) is 36.7 Å². The van der Waals surface area contributed by atoms with Gasteiger partial charge in [-0.1, -0.05) is 0 Å². The van der Waals surface area contributed by atoms with Crippen LogP contribution in [-0.4, -0.2) is 36.1 Å². The van der Waals surface area contributed by atoms with Crippen molar-refractivity contribution in [3.63, 3.8) is 0 Å². The predicted octanol–water partition coefficient (Wildman–Crippen LogP) is 2.61. The largest absolute Gasteiger partial charge is 0.368 e. The maximum Gasteiger partial charge on any atom is 0.280 e. The van der Waals surface area contributed by atoms with E-state index < -0.39 is 6.43 Å². The van der Waals surface area contributed by atoms with Crippen LogP contribution in [0.5, 0.6) is 0 Å². The average molecular weight is 315 g/mol. The quantitative estimate of drug-likeness (QED) is 0.871. The molecule has 1 saturated heterocycles. The summed E-state index contributed by atoms with van der Waals surface area (Å²) in [7, 11) is 0. The molecule has 7 heteroatoms. The van der Waals surface area contributed by atoms with Crippen molar-refractivity contribution in [2.75, 3.05) is 36.0 Å². The number of hydrogen-bond acceptors (Lipinski definition) is 5. The van der Waals surface area contributed by atoms with Crippen molar-refractivity contribution < 1.29 is 8.78 Å². The van der Waals surface area contributed by atoms with Crippen molar-refractivity contribution in [2.24, 2.45) is 0 Å². The van der Waals surface area contributed by atoms with Crippen LogP contribution < -0.4 is 9.80 Å². The number of alkyl halides is 2. The maximum atomic E-state index is 12.7. The smallest absolute Gasteiger partial charge is 0.280 e. The number of anilines is 2. The average Bonchev–Trinajstić information content (AvgIpc) is 2.62. The van der Waals surface area contributed by atoms with Gasteiger partial charge in [-0.2, -0.15) is 5.26 Å². The molecular weight excluding hydrogens is 300 g/mol. The first kappa shape index (κ1) is 15.2. The van der Waals surface area contributed by atoms with Gasteiger partial charge in [0.1, 0.15) is 17.8 Å². The van der Waals surface area contributed by atoms with Gasteiger partial charge in [0.15, 0.2) is 0 Å². The number of aromatic nitrogens is 2. The fraction of sp³-hybridized carbons (Fsp3) is 0.312. The standard InChI is InChI=1S/C16H15F2N5/c17-16(18)14-9-15(21-11-20-14)23-7-5-22(6-8-23)13-3-1-12(10-19)2-4-13/h1-4,9,11,16H,5-8H2. The highest BCUT2D eigenvalue weighted by Gasteiger charge is 2.20.